The van der Waals surface area contributed by atoms with Gasteiger partial charge in [0, 0.05) is 18.8 Å². The number of rotatable bonds is 3. The van der Waals surface area contributed by atoms with Gasteiger partial charge >= 0.3 is 11.9 Å². The van der Waals surface area contributed by atoms with Crippen molar-refractivity contribution in [3.63, 3.8) is 0 Å². The Hall–Kier alpha value is -2.10. The number of allylic oxidation sites excluding steroid dienone is 1. The second kappa shape index (κ2) is 8.04. The minimum atomic E-state index is -0.179. The van der Waals surface area contributed by atoms with Crippen LogP contribution in [0.3, 0.4) is 0 Å². The van der Waals surface area contributed by atoms with Crippen molar-refractivity contribution in [3.8, 4) is 0 Å². The lowest BCUT2D eigenvalue weighted by Crippen LogP contribution is -2.51. The van der Waals surface area contributed by atoms with Gasteiger partial charge in [-0.3, -0.25) is 4.79 Å². The molecule has 0 spiro atoms. The molecule has 3 fully saturated rings. The second-order valence-corrected chi connectivity index (χ2v) is 11.1. The van der Waals surface area contributed by atoms with Crippen LogP contribution in [0.2, 0.25) is 0 Å². The second-order valence-electron chi connectivity index (χ2n) is 11.1. The summed E-state index contributed by atoms with van der Waals surface area (Å²) in [6, 6.07) is 9.40. The summed E-state index contributed by atoms with van der Waals surface area (Å²) in [6.07, 6.45) is 11.1. The summed E-state index contributed by atoms with van der Waals surface area (Å²) < 4.78 is 11.7. The lowest BCUT2D eigenvalue weighted by atomic mass is 9.48. The Morgan fingerprint density at radius 3 is 2.47 bits per heavy atom. The van der Waals surface area contributed by atoms with E-state index in [0.717, 1.165) is 44.9 Å². The predicted molar refractivity (Wildman–Crippen MR) is 123 cm³/mol. The lowest BCUT2D eigenvalue weighted by Gasteiger charge is -2.57. The molecule has 0 aliphatic heterocycles. The first-order chi connectivity index (χ1) is 15.3. The van der Waals surface area contributed by atoms with E-state index in [4.69, 9.17) is 9.47 Å². The first-order valence-electron chi connectivity index (χ1n) is 12.4. The molecule has 4 aliphatic rings. The number of benzene rings is 1. The van der Waals surface area contributed by atoms with Gasteiger partial charge in [-0.1, -0.05) is 43.7 Å². The number of carbonyl (C=O) groups is 2. The Kier molecular flexibility index (Phi) is 5.46. The molecule has 5 rings (SSSR count). The molecule has 0 amide bonds. The molecule has 0 aromatic heterocycles. The molecule has 3 unspecified atom stereocenters. The van der Waals surface area contributed by atoms with E-state index in [1.165, 1.54) is 18.9 Å². The Labute approximate surface area is 191 Å². The molecule has 1 aromatic carbocycles. The highest BCUT2D eigenvalue weighted by molar-refractivity contribution is 5.89. The van der Waals surface area contributed by atoms with Crippen molar-refractivity contribution >= 4 is 11.9 Å². The van der Waals surface area contributed by atoms with Crippen LogP contribution in [0.25, 0.3) is 0 Å². The van der Waals surface area contributed by atoms with Gasteiger partial charge in [0.1, 0.15) is 12.2 Å². The van der Waals surface area contributed by atoms with E-state index in [0.29, 0.717) is 23.3 Å². The summed E-state index contributed by atoms with van der Waals surface area (Å²) in [5.41, 5.74) is 2.46. The van der Waals surface area contributed by atoms with Gasteiger partial charge in [-0.25, -0.2) is 4.79 Å². The minimum Gasteiger partial charge on any atom is -0.462 e. The monoisotopic (exact) mass is 436 g/mol. The number of hydrogen-bond acceptors (Lipinski definition) is 4. The average Bonchev–Trinajstić information content (AvgIpc) is 3.10. The van der Waals surface area contributed by atoms with E-state index in [1.54, 1.807) is 0 Å². The smallest absolute Gasteiger partial charge is 0.338 e. The SMILES string of the molecule is CC(=O)O[C@H]1CC[C@@]2(C)C(=CCC3C2CC[C@@]2(C)C3CC[C@@H]2OC(=O)c2ccccc2)C1. The molecule has 0 saturated heterocycles. The number of fused-ring (bicyclic) bond motifs is 5. The molecule has 3 saturated carbocycles. The molecule has 4 heteroatoms. The van der Waals surface area contributed by atoms with Crippen LogP contribution in [0.1, 0.15) is 82.5 Å². The fourth-order valence-electron chi connectivity index (χ4n) is 7.88. The molecular weight excluding hydrogens is 400 g/mol. The Balaban J connectivity index is 1.33. The topological polar surface area (TPSA) is 52.6 Å². The number of esters is 2. The molecule has 32 heavy (non-hydrogen) atoms. The highest BCUT2D eigenvalue weighted by Gasteiger charge is 2.59. The van der Waals surface area contributed by atoms with E-state index in [1.807, 2.05) is 30.3 Å². The Morgan fingerprint density at radius 2 is 1.72 bits per heavy atom. The fourth-order valence-corrected chi connectivity index (χ4v) is 7.88. The third-order valence-corrected chi connectivity index (χ3v) is 9.56. The van der Waals surface area contributed by atoms with Crippen LogP contribution in [0.5, 0.6) is 0 Å². The van der Waals surface area contributed by atoms with Gasteiger partial charge in [0.25, 0.3) is 0 Å². The van der Waals surface area contributed by atoms with Gasteiger partial charge in [-0.2, -0.15) is 0 Å². The summed E-state index contributed by atoms with van der Waals surface area (Å²) in [6.45, 7) is 6.36. The first kappa shape index (κ1) is 21.7. The van der Waals surface area contributed by atoms with Crippen molar-refractivity contribution in [2.24, 2.45) is 28.6 Å². The van der Waals surface area contributed by atoms with Gasteiger partial charge < -0.3 is 9.47 Å². The van der Waals surface area contributed by atoms with Crippen LogP contribution in [-0.2, 0) is 14.3 Å². The largest absolute Gasteiger partial charge is 0.462 e. The summed E-state index contributed by atoms with van der Waals surface area (Å²) >= 11 is 0. The minimum absolute atomic E-state index is 0.0130. The van der Waals surface area contributed by atoms with Crippen LogP contribution in [0.15, 0.2) is 42.0 Å². The van der Waals surface area contributed by atoms with Gasteiger partial charge in [-0.15, -0.1) is 0 Å². The molecule has 7 atom stereocenters. The zero-order valence-corrected chi connectivity index (χ0v) is 19.6. The van der Waals surface area contributed by atoms with Crippen LogP contribution < -0.4 is 0 Å². The maximum atomic E-state index is 12.8. The normalized spacial score (nSPS) is 40.3. The Morgan fingerprint density at radius 1 is 0.938 bits per heavy atom. The van der Waals surface area contributed by atoms with Crippen LogP contribution in [0, 0.1) is 28.6 Å². The van der Waals surface area contributed by atoms with Crippen molar-refractivity contribution < 1.29 is 19.1 Å². The average molecular weight is 437 g/mol. The van der Waals surface area contributed by atoms with Crippen LogP contribution >= 0.6 is 0 Å². The standard InChI is InChI=1S/C28H36O4/c1-18(29)31-21-13-15-27(2)20(17-21)9-10-22-23-11-12-25(28(23,3)16-14-24(22)27)32-26(30)19-7-5-4-6-8-19/h4-9,21-25H,10-17H2,1-3H3/t21-,22?,23?,24?,25-,27-,28-/m0/s1. The molecule has 4 nitrogen and oxygen atoms in total. The van der Waals surface area contributed by atoms with Gasteiger partial charge in [0.15, 0.2) is 0 Å². The first-order valence-corrected chi connectivity index (χ1v) is 12.4. The Bertz CT molecular complexity index is 921. The van der Waals surface area contributed by atoms with E-state index in [9.17, 15) is 9.59 Å². The van der Waals surface area contributed by atoms with E-state index >= 15 is 0 Å². The third-order valence-electron chi connectivity index (χ3n) is 9.56. The zero-order chi connectivity index (χ0) is 22.5. The highest BCUT2D eigenvalue weighted by atomic mass is 16.5. The molecule has 0 bridgehead atoms. The van der Waals surface area contributed by atoms with Gasteiger partial charge in [0.05, 0.1) is 5.56 Å². The van der Waals surface area contributed by atoms with Crippen molar-refractivity contribution in [1.29, 1.82) is 0 Å². The molecular formula is C28H36O4. The van der Waals surface area contributed by atoms with E-state index in [-0.39, 0.29) is 35.0 Å². The summed E-state index contributed by atoms with van der Waals surface area (Å²) in [5, 5.41) is 0. The molecule has 0 N–H and O–H groups in total. The quantitative estimate of drug-likeness (QED) is 0.424. The number of carbonyl (C=O) groups excluding carboxylic acids is 2. The summed E-state index contributed by atoms with van der Waals surface area (Å²) in [7, 11) is 0. The summed E-state index contributed by atoms with van der Waals surface area (Å²) in [4.78, 5) is 24.2. The number of hydrogen-bond donors (Lipinski definition) is 0. The fraction of sp³-hybridized carbons (Fsp3) is 0.643. The highest BCUT2D eigenvalue weighted by Crippen LogP contribution is 2.65. The molecule has 0 radical (unpaired) electrons. The van der Waals surface area contributed by atoms with Gasteiger partial charge in [-0.05, 0) is 80.2 Å². The molecule has 172 valence electrons. The van der Waals surface area contributed by atoms with Crippen molar-refractivity contribution in [2.45, 2.75) is 84.3 Å². The van der Waals surface area contributed by atoms with Crippen molar-refractivity contribution in [1.82, 2.24) is 0 Å². The molecule has 4 aliphatic carbocycles. The molecule has 1 aromatic rings. The maximum Gasteiger partial charge on any atom is 0.338 e. The van der Waals surface area contributed by atoms with Crippen LogP contribution in [0.4, 0.5) is 0 Å². The molecule has 0 heterocycles. The number of ether oxygens (including phenoxy) is 2. The van der Waals surface area contributed by atoms with Crippen LogP contribution in [-0.4, -0.2) is 24.1 Å². The van der Waals surface area contributed by atoms with E-state index in [2.05, 4.69) is 19.9 Å². The van der Waals surface area contributed by atoms with Crippen molar-refractivity contribution in [2.75, 3.05) is 0 Å². The maximum absolute atomic E-state index is 12.8. The van der Waals surface area contributed by atoms with Crippen molar-refractivity contribution in [3.05, 3.63) is 47.5 Å². The van der Waals surface area contributed by atoms with E-state index < -0.39 is 0 Å². The van der Waals surface area contributed by atoms with Gasteiger partial charge in [0.2, 0.25) is 0 Å². The summed E-state index contributed by atoms with van der Waals surface area (Å²) in [5.74, 6) is 1.61. The third kappa shape index (κ3) is 3.50. The predicted octanol–water partition coefficient (Wildman–Crippen LogP) is 6.11. The lowest BCUT2D eigenvalue weighted by molar-refractivity contribution is -0.148. The zero-order valence-electron chi connectivity index (χ0n) is 19.6.